The Balaban J connectivity index is 1.15. The van der Waals surface area contributed by atoms with Crippen molar-refractivity contribution in [2.45, 2.75) is 62.4 Å². The lowest BCUT2D eigenvalue weighted by atomic mass is 9.99. The number of halogens is 4. The minimum atomic E-state index is -1.79. The number of carboxylic acids is 1. The molecule has 2 unspecified atom stereocenters. The molecule has 1 aliphatic carbocycles. The van der Waals surface area contributed by atoms with Gasteiger partial charge in [0.05, 0.1) is 20.3 Å². The van der Waals surface area contributed by atoms with E-state index >= 15 is 4.39 Å². The molecule has 8 nitrogen and oxygen atoms in total. The van der Waals surface area contributed by atoms with Crippen LogP contribution in [0.3, 0.4) is 0 Å². The number of aromatic nitrogens is 2. The maximum absolute atomic E-state index is 15.2. The van der Waals surface area contributed by atoms with Gasteiger partial charge in [-0.15, -0.1) is 0 Å². The van der Waals surface area contributed by atoms with Gasteiger partial charge in [0, 0.05) is 30.5 Å². The van der Waals surface area contributed by atoms with E-state index in [1.807, 2.05) is 0 Å². The summed E-state index contributed by atoms with van der Waals surface area (Å²) in [5, 5.41) is 14.4. The number of hydrogen-bond donors (Lipinski definition) is 1. The number of ether oxygens (including phenoxy) is 1. The second-order valence-electron chi connectivity index (χ2n) is 10.7. The van der Waals surface area contributed by atoms with E-state index in [-0.39, 0.29) is 68.6 Å². The fraction of sp³-hybridized carbons (Fsp3) is 0.357. The number of thiazole rings is 1. The van der Waals surface area contributed by atoms with Crippen LogP contribution in [0.25, 0.3) is 21.5 Å². The number of benzene rings is 2. The Morgan fingerprint density at radius 2 is 1.83 bits per heavy atom. The van der Waals surface area contributed by atoms with E-state index in [0.29, 0.717) is 22.7 Å². The average Bonchev–Trinajstić information content (AvgIpc) is 3.23. The summed E-state index contributed by atoms with van der Waals surface area (Å²) in [5.74, 6) is -2.82. The number of nitrogens with zero attached hydrogens (tertiary/aromatic N) is 3. The van der Waals surface area contributed by atoms with E-state index < -0.39 is 29.5 Å². The van der Waals surface area contributed by atoms with Gasteiger partial charge in [0.15, 0.2) is 22.4 Å². The molecule has 2 aromatic heterocycles. The maximum atomic E-state index is 15.2. The van der Waals surface area contributed by atoms with Gasteiger partial charge in [-0.1, -0.05) is 45.8 Å². The van der Waals surface area contributed by atoms with Crippen molar-refractivity contribution in [3.05, 3.63) is 63.1 Å². The largest absolute Gasteiger partial charge is 0.478 e. The molecule has 1 N–H and O–H groups in total. The van der Waals surface area contributed by atoms with Gasteiger partial charge < -0.3 is 19.3 Å². The van der Waals surface area contributed by atoms with E-state index in [1.54, 1.807) is 18.2 Å². The van der Waals surface area contributed by atoms with E-state index in [0.717, 1.165) is 18.9 Å². The molecular formula is C28H21Cl2F2N3O5S. The average molecular weight is 620 g/mol. The van der Waals surface area contributed by atoms with Crippen LogP contribution in [0.2, 0.25) is 10.0 Å². The van der Waals surface area contributed by atoms with Crippen LogP contribution in [0.15, 0.2) is 34.9 Å². The third-order valence-electron chi connectivity index (χ3n) is 8.06. The number of fused-ring (bicyclic) bond motifs is 3. The molecular weight excluding hydrogens is 599 g/mol. The number of esters is 1. The minimum absolute atomic E-state index is 0.0236. The first-order valence-electron chi connectivity index (χ1n) is 13.1. The molecule has 4 aromatic rings. The lowest BCUT2D eigenvalue weighted by molar-refractivity contribution is 0.0198. The molecule has 0 radical (unpaired) electrons. The first-order chi connectivity index (χ1) is 19.6. The predicted molar refractivity (Wildman–Crippen MR) is 148 cm³/mol. The van der Waals surface area contributed by atoms with E-state index in [1.165, 1.54) is 17.4 Å². The molecule has 2 aromatic carbocycles. The van der Waals surface area contributed by atoms with Crippen molar-refractivity contribution < 1.29 is 32.7 Å². The maximum Gasteiger partial charge on any atom is 0.344 e. The quantitative estimate of drug-likeness (QED) is 0.222. The van der Waals surface area contributed by atoms with Crippen molar-refractivity contribution in [2.75, 3.05) is 4.90 Å². The Kier molecular flexibility index (Phi) is 6.26. The summed E-state index contributed by atoms with van der Waals surface area (Å²) in [5.41, 5.74) is -1.59. The minimum Gasteiger partial charge on any atom is -0.478 e. The molecule has 2 aliphatic heterocycles. The van der Waals surface area contributed by atoms with Gasteiger partial charge in [0.1, 0.15) is 22.9 Å². The number of aromatic carboxylic acids is 1. The Morgan fingerprint density at radius 3 is 2.46 bits per heavy atom. The molecule has 2 bridgehead atoms. The number of carbonyl (C=O) groups excluding carboxylic acids is 1. The summed E-state index contributed by atoms with van der Waals surface area (Å²) >= 11 is 14.0. The molecule has 0 spiro atoms. The van der Waals surface area contributed by atoms with E-state index in [9.17, 15) is 19.1 Å². The van der Waals surface area contributed by atoms with Crippen molar-refractivity contribution in [2.24, 2.45) is 0 Å². The number of carboxylic acid groups (broad SMARTS) is 1. The number of hydrogen-bond acceptors (Lipinski definition) is 8. The molecule has 3 fully saturated rings. The van der Waals surface area contributed by atoms with Crippen molar-refractivity contribution in [3.63, 3.8) is 0 Å². The third-order valence-corrected chi connectivity index (χ3v) is 9.71. The van der Waals surface area contributed by atoms with Crippen LogP contribution in [0, 0.1) is 5.82 Å². The van der Waals surface area contributed by atoms with Crippen molar-refractivity contribution in [1.29, 1.82) is 0 Å². The van der Waals surface area contributed by atoms with Crippen LogP contribution in [-0.2, 0) is 10.4 Å². The second-order valence-corrected chi connectivity index (χ2v) is 12.5. The van der Waals surface area contributed by atoms with Crippen molar-refractivity contribution in [1.82, 2.24) is 10.1 Å². The van der Waals surface area contributed by atoms with Crippen LogP contribution >= 0.6 is 34.5 Å². The van der Waals surface area contributed by atoms with Gasteiger partial charge in [-0.05, 0) is 49.9 Å². The van der Waals surface area contributed by atoms with Gasteiger partial charge in [-0.2, -0.15) is 0 Å². The van der Waals surface area contributed by atoms with Crippen LogP contribution in [-0.4, -0.2) is 45.4 Å². The summed E-state index contributed by atoms with van der Waals surface area (Å²) in [6.45, 7) is 0. The summed E-state index contributed by atoms with van der Waals surface area (Å²) in [6, 6.07) is 7.19. The van der Waals surface area contributed by atoms with Gasteiger partial charge in [-0.25, -0.2) is 23.4 Å². The van der Waals surface area contributed by atoms with E-state index in [4.69, 9.17) is 32.5 Å². The zero-order valence-corrected chi connectivity index (χ0v) is 23.5. The molecule has 2 saturated heterocycles. The fourth-order valence-corrected chi connectivity index (χ4v) is 7.71. The smallest absolute Gasteiger partial charge is 0.344 e. The highest BCUT2D eigenvalue weighted by atomic mass is 35.5. The highest BCUT2D eigenvalue weighted by molar-refractivity contribution is 7.22. The predicted octanol–water partition coefficient (Wildman–Crippen LogP) is 7.41. The topological polar surface area (TPSA) is 106 Å². The van der Waals surface area contributed by atoms with Gasteiger partial charge >= 0.3 is 11.9 Å². The molecule has 4 heterocycles. The number of piperidine rings is 1. The molecule has 41 heavy (non-hydrogen) atoms. The van der Waals surface area contributed by atoms with Gasteiger partial charge in [-0.3, -0.25) is 0 Å². The Hall–Kier alpha value is -3.28. The Bertz CT molecular complexity index is 1700. The van der Waals surface area contributed by atoms with Crippen molar-refractivity contribution in [3.8, 4) is 11.3 Å². The second kappa shape index (κ2) is 9.64. The molecule has 3 aliphatic rings. The standard InChI is InChI=1S/C28H21Cl2F2N3O5S/c29-16-2-1-3-17(30)20(16)23-21(24(40-34-23)28(32)6-7-28)26(38)39-15-10-13-4-5-14(11-15)35(13)27-33-22-18(31)8-12(25(36)37)9-19(22)41-27/h1-3,8-9,13-15H,4-7,10-11H2,(H,36,37)/t13-,14?,15?/m0/s1. The lowest BCUT2D eigenvalue weighted by Gasteiger charge is -2.38. The Labute approximate surface area is 245 Å². The summed E-state index contributed by atoms with van der Waals surface area (Å²) in [4.78, 5) is 31.6. The van der Waals surface area contributed by atoms with Crippen LogP contribution in [0.4, 0.5) is 13.9 Å². The van der Waals surface area contributed by atoms with Crippen LogP contribution in [0.5, 0.6) is 0 Å². The number of carbonyl (C=O) groups is 2. The summed E-state index contributed by atoms with van der Waals surface area (Å²) in [6.07, 6.45) is 2.58. The van der Waals surface area contributed by atoms with Crippen LogP contribution < -0.4 is 4.90 Å². The third kappa shape index (κ3) is 4.45. The van der Waals surface area contributed by atoms with Crippen LogP contribution in [0.1, 0.15) is 65.0 Å². The number of alkyl halides is 1. The highest BCUT2D eigenvalue weighted by Gasteiger charge is 2.53. The molecule has 7 rings (SSSR count). The zero-order chi connectivity index (χ0) is 28.6. The fourth-order valence-electron chi connectivity index (χ4n) is 5.97. The molecule has 1 saturated carbocycles. The first kappa shape index (κ1) is 26.6. The Morgan fingerprint density at radius 1 is 1.15 bits per heavy atom. The summed E-state index contributed by atoms with van der Waals surface area (Å²) < 4.78 is 41.6. The van der Waals surface area contributed by atoms with Gasteiger partial charge in [0.2, 0.25) is 0 Å². The van der Waals surface area contributed by atoms with E-state index in [2.05, 4.69) is 15.0 Å². The summed E-state index contributed by atoms with van der Waals surface area (Å²) in [7, 11) is 0. The molecule has 0 amide bonds. The molecule has 212 valence electrons. The monoisotopic (exact) mass is 619 g/mol. The molecule has 13 heteroatoms. The molecule has 3 atom stereocenters. The lowest BCUT2D eigenvalue weighted by Crippen LogP contribution is -2.46. The highest BCUT2D eigenvalue weighted by Crippen LogP contribution is 2.53. The first-order valence-corrected chi connectivity index (χ1v) is 14.7. The van der Waals surface area contributed by atoms with Crippen molar-refractivity contribution >= 4 is 61.8 Å². The number of rotatable bonds is 6. The zero-order valence-electron chi connectivity index (χ0n) is 21.2. The number of anilines is 1. The SMILES string of the molecule is O=C(O)c1cc(F)c2nc(N3C4CC[C@H]3CC(OC(=O)c3c(-c5c(Cl)cccc5Cl)noc3C3(F)CC3)C4)sc2c1. The normalized spacial score (nSPS) is 22.7. The van der Waals surface area contributed by atoms with Gasteiger partial charge in [0.25, 0.3) is 0 Å².